The van der Waals surface area contributed by atoms with Gasteiger partial charge in [-0.3, -0.25) is 4.79 Å². The maximum absolute atomic E-state index is 12.5. The van der Waals surface area contributed by atoms with Crippen LogP contribution in [0.4, 0.5) is 0 Å². The molecule has 0 aliphatic carbocycles. The first-order valence-electron chi connectivity index (χ1n) is 7.72. The summed E-state index contributed by atoms with van der Waals surface area (Å²) < 4.78 is 32.5. The molecule has 6 heteroatoms. The third-order valence-electron chi connectivity index (χ3n) is 3.48. The topological polar surface area (TPSA) is 72.5 Å². The van der Waals surface area contributed by atoms with Crippen LogP contribution in [0.15, 0.2) is 59.5 Å². The molecule has 0 saturated carbocycles. The first kappa shape index (κ1) is 18.2. The molecule has 0 aliphatic heterocycles. The number of carbonyl (C=O) groups is 1. The highest BCUT2D eigenvalue weighted by molar-refractivity contribution is 7.89. The van der Waals surface area contributed by atoms with Crippen LogP contribution in [0.1, 0.15) is 18.1 Å². The van der Waals surface area contributed by atoms with Gasteiger partial charge in [0.25, 0.3) is 0 Å². The minimum Gasteiger partial charge on any atom is -0.465 e. The van der Waals surface area contributed by atoms with E-state index in [1.165, 1.54) is 12.1 Å². The molecule has 0 saturated heterocycles. The van der Waals surface area contributed by atoms with Crippen LogP contribution in [0.3, 0.4) is 0 Å². The lowest BCUT2D eigenvalue weighted by Crippen LogP contribution is -2.43. The van der Waals surface area contributed by atoms with Crippen LogP contribution in [0.5, 0.6) is 0 Å². The molecule has 2 aromatic carbocycles. The second-order valence-corrected chi connectivity index (χ2v) is 7.14. The van der Waals surface area contributed by atoms with Gasteiger partial charge in [-0.1, -0.05) is 48.0 Å². The Bertz CT molecular complexity index is 770. The van der Waals surface area contributed by atoms with Gasteiger partial charge in [0.15, 0.2) is 0 Å². The van der Waals surface area contributed by atoms with Gasteiger partial charge in [-0.2, -0.15) is 4.72 Å². The lowest BCUT2D eigenvalue weighted by atomic mass is 10.1. The zero-order valence-electron chi connectivity index (χ0n) is 13.7. The van der Waals surface area contributed by atoms with Gasteiger partial charge >= 0.3 is 5.97 Å². The lowest BCUT2D eigenvalue weighted by molar-refractivity contribution is -0.145. The summed E-state index contributed by atoms with van der Waals surface area (Å²) in [6.45, 7) is 3.75. The van der Waals surface area contributed by atoms with Crippen molar-refractivity contribution in [2.75, 3.05) is 6.61 Å². The van der Waals surface area contributed by atoms with Crippen molar-refractivity contribution in [2.45, 2.75) is 31.2 Å². The molecular weight excluding hydrogens is 326 g/mol. The van der Waals surface area contributed by atoms with E-state index in [1.807, 2.05) is 37.3 Å². The quantitative estimate of drug-likeness (QED) is 0.781. The van der Waals surface area contributed by atoms with Crippen LogP contribution in [0.2, 0.25) is 0 Å². The Hall–Kier alpha value is -2.18. The summed E-state index contributed by atoms with van der Waals surface area (Å²) in [4.78, 5) is 12.3. The van der Waals surface area contributed by atoms with E-state index in [4.69, 9.17) is 4.74 Å². The molecule has 0 radical (unpaired) electrons. The number of nitrogens with one attached hydrogen (secondary N) is 1. The Morgan fingerprint density at radius 3 is 2.29 bits per heavy atom. The summed E-state index contributed by atoms with van der Waals surface area (Å²) >= 11 is 0. The summed E-state index contributed by atoms with van der Waals surface area (Å²) in [5, 5.41) is 0. The van der Waals surface area contributed by atoms with Crippen molar-refractivity contribution >= 4 is 16.0 Å². The molecule has 24 heavy (non-hydrogen) atoms. The fraction of sp³-hybridized carbons (Fsp3) is 0.278. The average Bonchev–Trinajstić information content (AvgIpc) is 2.55. The molecule has 0 aliphatic rings. The minimum atomic E-state index is -3.81. The molecular formula is C18H21NO4S. The van der Waals surface area contributed by atoms with Crippen molar-refractivity contribution in [3.05, 3.63) is 65.7 Å². The van der Waals surface area contributed by atoms with E-state index in [9.17, 15) is 13.2 Å². The van der Waals surface area contributed by atoms with Gasteiger partial charge < -0.3 is 4.74 Å². The third kappa shape index (κ3) is 4.91. The largest absolute Gasteiger partial charge is 0.465 e. The Morgan fingerprint density at radius 1 is 1.08 bits per heavy atom. The number of benzene rings is 2. The summed E-state index contributed by atoms with van der Waals surface area (Å²) in [6, 6.07) is 14.7. The van der Waals surface area contributed by atoms with Gasteiger partial charge in [0.05, 0.1) is 11.5 Å². The Balaban J connectivity index is 2.23. The van der Waals surface area contributed by atoms with E-state index in [0.29, 0.717) is 0 Å². The van der Waals surface area contributed by atoms with Gasteiger partial charge in [0, 0.05) is 0 Å². The number of sulfonamides is 1. The smallest absolute Gasteiger partial charge is 0.324 e. The molecule has 1 N–H and O–H groups in total. The Morgan fingerprint density at radius 2 is 1.71 bits per heavy atom. The molecule has 2 rings (SSSR count). The number of hydrogen-bond acceptors (Lipinski definition) is 4. The first-order chi connectivity index (χ1) is 11.4. The van der Waals surface area contributed by atoms with E-state index < -0.39 is 22.0 Å². The van der Waals surface area contributed by atoms with Crippen LogP contribution in [-0.2, 0) is 26.0 Å². The monoisotopic (exact) mass is 347 g/mol. The first-order valence-corrected chi connectivity index (χ1v) is 9.20. The van der Waals surface area contributed by atoms with E-state index in [0.717, 1.165) is 11.1 Å². The SMILES string of the molecule is CCOC(=O)C(Cc1ccccc1)NS(=O)(=O)c1ccc(C)cc1. The van der Waals surface area contributed by atoms with Gasteiger partial charge in [-0.15, -0.1) is 0 Å². The second kappa shape index (κ2) is 8.08. The van der Waals surface area contributed by atoms with Crippen molar-refractivity contribution in [1.82, 2.24) is 4.72 Å². The van der Waals surface area contributed by atoms with Crippen molar-refractivity contribution in [1.29, 1.82) is 0 Å². The summed E-state index contributed by atoms with van der Waals surface area (Å²) in [7, 11) is -3.81. The number of ether oxygens (including phenoxy) is 1. The summed E-state index contributed by atoms with van der Waals surface area (Å²) in [5.41, 5.74) is 1.81. The van der Waals surface area contributed by atoms with Crippen molar-refractivity contribution in [2.24, 2.45) is 0 Å². The summed E-state index contributed by atoms with van der Waals surface area (Å²) in [6.07, 6.45) is 0.227. The minimum absolute atomic E-state index is 0.121. The van der Waals surface area contributed by atoms with Crippen molar-refractivity contribution in [3.8, 4) is 0 Å². The van der Waals surface area contributed by atoms with E-state index in [1.54, 1.807) is 19.1 Å². The highest BCUT2D eigenvalue weighted by Crippen LogP contribution is 2.13. The van der Waals surface area contributed by atoms with Crippen LogP contribution in [0.25, 0.3) is 0 Å². The molecule has 128 valence electrons. The maximum atomic E-state index is 12.5. The highest BCUT2D eigenvalue weighted by atomic mass is 32.2. The molecule has 0 aromatic heterocycles. The summed E-state index contributed by atoms with van der Waals surface area (Å²) in [5.74, 6) is -0.586. The van der Waals surface area contributed by atoms with Gasteiger partial charge in [0.2, 0.25) is 10.0 Å². The zero-order chi connectivity index (χ0) is 17.6. The lowest BCUT2D eigenvalue weighted by Gasteiger charge is -2.17. The van der Waals surface area contributed by atoms with Crippen LogP contribution >= 0.6 is 0 Å². The number of aryl methyl sites for hydroxylation is 1. The maximum Gasteiger partial charge on any atom is 0.324 e. The van der Waals surface area contributed by atoms with Crippen LogP contribution in [0, 0.1) is 6.92 Å². The van der Waals surface area contributed by atoms with E-state index in [2.05, 4.69) is 4.72 Å². The molecule has 0 fully saturated rings. The predicted molar refractivity (Wildman–Crippen MR) is 92.1 cm³/mol. The zero-order valence-corrected chi connectivity index (χ0v) is 14.5. The van der Waals surface area contributed by atoms with Crippen molar-refractivity contribution < 1.29 is 17.9 Å². The molecule has 2 aromatic rings. The molecule has 1 unspecified atom stereocenters. The number of esters is 1. The highest BCUT2D eigenvalue weighted by Gasteiger charge is 2.27. The number of carbonyl (C=O) groups excluding carboxylic acids is 1. The molecule has 0 heterocycles. The Kier molecular flexibility index (Phi) is 6.11. The number of rotatable bonds is 7. The van der Waals surface area contributed by atoms with Gasteiger partial charge in [0.1, 0.15) is 6.04 Å². The van der Waals surface area contributed by atoms with Crippen LogP contribution < -0.4 is 4.72 Å². The standard InChI is InChI=1S/C18H21NO4S/c1-3-23-18(20)17(13-15-7-5-4-6-8-15)19-24(21,22)16-11-9-14(2)10-12-16/h4-12,17,19H,3,13H2,1-2H3. The molecule has 0 bridgehead atoms. The molecule has 1 atom stereocenters. The molecule has 0 amide bonds. The number of hydrogen-bond donors (Lipinski definition) is 1. The predicted octanol–water partition coefficient (Wildman–Crippen LogP) is 2.45. The van der Waals surface area contributed by atoms with Gasteiger partial charge in [-0.25, -0.2) is 8.42 Å². The van der Waals surface area contributed by atoms with E-state index in [-0.39, 0.29) is 17.9 Å². The molecule has 5 nitrogen and oxygen atoms in total. The van der Waals surface area contributed by atoms with E-state index >= 15 is 0 Å². The average molecular weight is 347 g/mol. The molecule has 0 spiro atoms. The third-order valence-corrected chi connectivity index (χ3v) is 4.97. The van der Waals surface area contributed by atoms with Crippen LogP contribution in [-0.4, -0.2) is 27.0 Å². The van der Waals surface area contributed by atoms with Gasteiger partial charge in [-0.05, 0) is 38.0 Å². The Labute approximate surface area is 142 Å². The fourth-order valence-electron chi connectivity index (χ4n) is 2.24. The second-order valence-electron chi connectivity index (χ2n) is 5.43. The van der Waals surface area contributed by atoms with Crippen molar-refractivity contribution in [3.63, 3.8) is 0 Å². The normalized spacial score (nSPS) is 12.6. The fourth-order valence-corrected chi connectivity index (χ4v) is 3.42.